The van der Waals surface area contributed by atoms with E-state index in [9.17, 15) is 4.79 Å². The lowest BCUT2D eigenvalue weighted by molar-refractivity contribution is 0.102. The predicted molar refractivity (Wildman–Crippen MR) is 128 cm³/mol. The molecule has 1 aliphatic heterocycles. The fourth-order valence-electron chi connectivity index (χ4n) is 3.85. The summed E-state index contributed by atoms with van der Waals surface area (Å²) in [6, 6.07) is 15.5. The summed E-state index contributed by atoms with van der Waals surface area (Å²) in [5.41, 5.74) is 5.58. The van der Waals surface area contributed by atoms with Crippen LogP contribution in [0.25, 0.3) is 11.3 Å². The normalized spacial score (nSPS) is 16.9. The summed E-state index contributed by atoms with van der Waals surface area (Å²) in [5.74, 6) is 2.82. The summed E-state index contributed by atoms with van der Waals surface area (Å²) >= 11 is 8.39. The SMILES string of the molecule is O=C(Nc1ccc(-c2cc(C3CC3)[nH]n2)cc1)c1ccc(Cl)c(CN2CCSCC2)c1. The summed E-state index contributed by atoms with van der Waals surface area (Å²) in [7, 11) is 0. The second kappa shape index (κ2) is 9.07. The van der Waals surface area contributed by atoms with E-state index in [1.54, 1.807) is 6.07 Å². The molecule has 2 aliphatic rings. The Morgan fingerprint density at radius 1 is 1.13 bits per heavy atom. The van der Waals surface area contributed by atoms with Crippen LogP contribution in [0, 0.1) is 0 Å². The number of amides is 1. The topological polar surface area (TPSA) is 61.0 Å². The molecule has 5 rings (SSSR count). The second-order valence-electron chi connectivity index (χ2n) is 8.21. The number of hydrogen-bond donors (Lipinski definition) is 2. The van der Waals surface area contributed by atoms with Gasteiger partial charge in [-0.05, 0) is 54.8 Å². The number of benzene rings is 2. The maximum Gasteiger partial charge on any atom is 0.255 e. The van der Waals surface area contributed by atoms with E-state index in [0.717, 1.165) is 53.6 Å². The van der Waals surface area contributed by atoms with Crippen LogP contribution in [0.5, 0.6) is 0 Å². The monoisotopic (exact) mass is 452 g/mol. The van der Waals surface area contributed by atoms with Crippen LogP contribution in [0.2, 0.25) is 5.02 Å². The van der Waals surface area contributed by atoms with E-state index < -0.39 is 0 Å². The minimum atomic E-state index is -0.129. The molecule has 2 fully saturated rings. The fraction of sp³-hybridized carbons (Fsp3) is 0.333. The molecule has 1 amide bonds. The molecule has 0 unspecified atom stereocenters. The van der Waals surface area contributed by atoms with Gasteiger partial charge in [-0.1, -0.05) is 23.7 Å². The van der Waals surface area contributed by atoms with Crippen molar-refractivity contribution in [2.45, 2.75) is 25.3 Å². The van der Waals surface area contributed by atoms with Gasteiger partial charge in [-0.15, -0.1) is 0 Å². The van der Waals surface area contributed by atoms with Crippen molar-refractivity contribution in [1.29, 1.82) is 0 Å². The number of aromatic amines is 1. The van der Waals surface area contributed by atoms with E-state index in [1.807, 2.05) is 48.2 Å². The third-order valence-electron chi connectivity index (χ3n) is 5.86. The highest BCUT2D eigenvalue weighted by atomic mass is 35.5. The lowest BCUT2D eigenvalue weighted by Crippen LogP contribution is -2.32. The molecule has 160 valence electrons. The molecule has 1 saturated heterocycles. The van der Waals surface area contributed by atoms with Gasteiger partial charge < -0.3 is 5.32 Å². The Morgan fingerprint density at radius 2 is 1.90 bits per heavy atom. The standard InChI is InChI=1S/C24H25ClN4OS/c25-21-8-5-18(13-19(21)15-29-9-11-31-12-10-29)24(30)26-20-6-3-17(4-7-20)23-14-22(27-28-23)16-1-2-16/h3-8,13-14,16H,1-2,9-12,15H2,(H,26,30)(H,27,28). The van der Waals surface area contributed by atoms with Crippen LogP contribution in [0.15, 0.2) is 48.5 Å². The number of carbonyl (C=O) groups excluding carboxylic acids is 1. The number of anilines is 1. The van der Waals surface area contributed by atoms with Crippen molar-refractivity contribution in [1.82, 2.24) is 15.1 Å². The predicted octanol–water partition coefficient (Wildman–Crippen LogP) is 5.41. The van der Waals surface area contributed by atoms with Crippen molar-refractivity contribution in [3.8, 4) is 11.3 Å². The van der Waals surface area contributed by atoms with Gasteiger partial charge in [0.15, 0.2) is 0 Å². The minimum absolute atomic E-state index is 0.129. The zero-order valence-electron chi connectivity index (χ0n) is 17.2. The molecule has 0 atom stereocenters. The van der Waals surface area contributed by atoms with Crippen LogP contribution in [0.3, 0.4) is 0 Å². The maximum absolute atomic E-state index is 12.8. The number of rotatable bonds is 6. The number of nitrogens with zero attached hydrogens (tertiary/aromatic N) is 2. The molecule has 2 N–H and O–H groups in total. The largest absolute Gasteiger partial charge is 0.322 e. The Hall–Kier alpha value is -2.28. The van der Waals surface area contributed by atoms with Gasteiger partial charge in [-0.3, -0.25) is 14.8 Å². The minimum Gasteiger partial charge on any atom is -0.322 e. The van der Waals surface area contributed by atoms with E-state index in [1.165, 1.54) is 18.5 Å². The molecule has 2 heterocycles. The Labute approximate surface area is 191 Å². The van der Waals surface area contributed by atoms with Gasteiger partial charge in [-0.25, -0.2) is 0 Å². The first-order valence-corrected chi connectivity index (χ1v) is 12.2. The fourth-order valence-corrected chi connectivity index (χ4v) is 5.01. The van der Waals surface area contributed by atoms with Crippen molar-refractivity contribution in [3.63, 3.8) is 0 Å². The summed E-state index contributed by atoms with van der Waals surface area (Å²) in [5, 5.41) is 11.3. The van der Waals surface area contributed by atoms with Crippen molar-refractivity contribution in [3.05, 3.63) is 70.4 Å². The maximum atomic E-state index is 12.8. The number of halogens is 1. The second-order valence-corrected chi connectivity index (χ2v) is 9.84. The smallest absolute Gasteiger partial charge is 0.255 e. The molecule has 0 bridgehead atoms. The third kappa shape index (κ3) is 4.97. The lowest BCUT2D eigenvalue weighted by atomic mass is 10.1. The zero-order valence-corrected chi connectivity index (χ0v) is 18.8. The van der Waals surface area contributed by atoms with Crippen LogP contribution in [0.1, 0.15) is 40.4 Å². The molecule has 1 aromatic heterocycles. The van der Waals surface area contributed by atoms with Crippen LogP contribution >= 0.6 is 23.4 Å². The van der Waals surface area contributed by atoms with Gasteiger partial charge in [0, 0.05) is 64.6 Å². The van der Waals surface area contributed by atoms with E-state index in [0.29, 0.717) is 16.5 Å². The average Bonchev–Trinajstić information content (AvgIpc) is 3.53. The molecule has 1 saturated carbocycles. The summed E-state index contributed by atoms with van der Waals surface area (Å²) in [4.78, 5) is 15.2. The Morgan fingerprint density at radius 3 is 2.65 bits per heavy atom. The van der Waals surface area contributed by atoms with E-state index in [2.05, 4.69) is 26.5 Å². The number of nitrogens with one attached hydrogen (secondary N) is 2. The number of hydrogen-bond acceptors (Lipinski definition) is 4. The quantitative estimate of drug-likeness (QED) is 0.525. The van der Waals surface area contributed by atoms with Gasteiger partial charge in [0.05, 0.1) is 5.69 Å². The first kappa shape index (κ1) is 20.6. The molecule has 3 aromatic rings. The Bertz CT molecular complexity index is 1070. The average molecular weight is 453 g/mol. The van der Waals surface area contributed by atoms with Crippen molar-refractivity contribution < 1.29 is 4.79 Å². The van der Waals surface area contributed by atoms with E-state index in [4.69, 9.17) is 11.6 Å². The van der Waals surface area contributed by atoms with Gasteiger partial charge in [-0.2, -0.15) is 16.9 Å². The summed E-state index contributed by atoms with van der Waals surface area (Å²) in [6.07, 6.45) is 2.49. The van der Waals surface area contributed by atoms with Crippen LogP contribution in [-0.4, -0.2) is 45.6 Å². The van der Waals surface area contributed by atoms with Crippen molar-refractivity contribution in [2.24, 2.45) is 0 Å². The van der Waals surface area contributed by atoms with Crippen LogP contribution < -0.4 is 5.32 Å². The highest BCUT2D eigenvalue weighted by molar-refractivity contribution is 7.99. The molecule has 2 aromatic carbocycles. The molecule has 7 heteroatoms. The number of thioether (sulfide) groups is 1. The molecule has 5 nitrogen and oxygen atoms in total. The summed E-state index contributed by atoms with van der Waals surface area (Å²) in [6.45, 7) is 2.89. The number of carbonyl (C=O) groups is 1. The van der Waals surface area contributed by atoms with Crippen molar-refractivity contribution >= 4 is 35.0 Å². The summed E-state index contributed by atoms with van der Waals surface area (Å²) < 4.78 is 0. The highest BCUT2D eigenvalue weighted by Crippen LogP contribution is 2.40. The van der Waals surface area contributed by atoms with Gasteiger partial charge in [0.25, 0.3) is 5.91 Å². The molecular formula is C24H25ClN4OS. The van der Waals surface area contributed by atoms with E-state index in [-0.39, 0.29) is 5.91 Å². The Balaban J connectivity index is 1.25. The van der Waals surface area contributed by atoms with Gasteiger partial charge in [0.2, 0.25) is 0 Å². The van der Waals surface area contributed by atoms with E-state index >= 15 is 0 Å². The van der Waals surface area contributed by atoms with Gasteiger partial charge in [0.1, 0.15) is 0 Å². The van der Waals surface area contributed by atoms with Crippen molar-refractivity contribution in [2.75, 3.05) is 29.9 Å². The number of aromatic nitrogens is 2. The molecular weight excluding hydrogens is 428 g/mol. The number of H-pyrrole nitrogens is 1. The molecule has 0 radical (unpaired) electrons. The lowest BCUT2D eigenvalue weighted by Gasteiger charge is -2.26. The molecule has 0 spiro atoms. The zero-order chi connectivity index (χ0) is 21.2. The first-order valence-electron chi connectivity index (χ1n) is 10.7. The Kier molecular flexibility index (Phi) is 6.03. The molecule has 1 aliphatic carbocycles. The highest BCUT2D eigenvalue weighted by Gasteiger charge is 2.25. The molecule has 31 heavy (non-hydrogen) atoms. The third-order valence-corrected chi connectivity index (χ3v) is 7.17. The first-order chi connectivity index (χ1) is 15.2. The van der Waals surface area contributed by atoms with Crippen LogP contribution in [0.4, 0.5) is 5.69 Å². The van der Waals surface area contributed by atoms with Crippen LogP contribution in [-0.2, 0) is 6.54 Å². The van der Waals surface area contributed by atoms with Gasteiger partial charge >= 0.3 is 0 Å².